The Bertz CT molecular complexity index is 340. The Kier molecular flexibility index (Phi) is 2.50. The molecule has 0 aromatic heterocycles. The van der Waals surface area contributed by atoms with Gasteiger partial charge in [0.25, 0.3) is 14.4 Å². The maximum Gasteiger partial charge on any atom is 0.298 e. The van der Waals surface area contributed by atoms with E-state index in [1.54, 1.807) is 0 Å². The van der Waals surface area contributed by atoms with Gasteiger partial charge in [0.2, 0.25) is 5.91 Å². The summed E-state index contributed by atoms with van der Waals surface area (Å²) in [7, 11) is -3.96. The van der Waals surface area contributed by atoms with Crippen LogP contribution in [0.15, 0.2) is 5.10 Å². The van der Waals surface area contributed by atoms with E-state index in [1.807, 2.05) is 0 Å². The molecule has 13 heavy (non-hydrogen) atoms. The molecule has 0 radical (unpaired) electrons. The molecule has 9 heteroatoms. The minimum atomic E-state index is -3.96. The SMILES string of the molecule is CC(=O)NC1(S(N)(=O)=O)NN=CS1. The minimum Gasteiger partial charge on any atom is -0.310 e. The van der Waals surface area contributed by atoms with Gasteiger partial charge in [0, 0.05) is 6.92 Å². The van der Waals surface area contributed by atoms with E-state index in [-0.39, 0.29) is 0 Å². The van der Waals surface area contributed by atoms with Crippen LogP contribution >= 0.6 is 11.8 Å². The topological polar surface area (TPSA) is 114 Å². The van der Waals surface area contributed by atoms with Crippen molar-refractivity contribution in [3.8, 4) is 0 Å². The summed E-state index contributed by atoms with van der Waals surface area (Å²) in [6.07, 6.45) is 0. The second-order valence-corrected chi connectivity index (χ2v) is 5.33. The van der Waals surface area contributed by atoms with Gasteiger partial charge in [-0.05, 0) is 11.8 Å². The lowest BCUT2D eigenvalue weighted by atomic mass is 10.7. The number of primary sulfonamides is 1. The van der Waals surface area contributed by atoms with Crippen LogP contribution < -0.4 is 15.9 Å². The number of nitrogens with one attached hydrogen (secondary N) is 2. The first-order valence-electron chi connectivity index (χ1n) is 3.15. The highest BCUT2D eigenvalue weighted by molar-refractivity contribution is 8.22. The fourth-order valence-electron chi connectivity index (χ4n) is 0.729. The Balaban J connectivity index is 2.97. The Hall–Kier alpha value is -0.800. The van der Waals surface area contributed by atoms with E-state index >= 15 is 0 Å². The lowest BCUT2D eigenvalue weighted by molar-refractivity contribution is -0.119. The molecule has 0 aliphatic carbocycles. The van der Waals surface area contributed by atoms with Gasteiger partial charge in [0.15, 0.2) is 0 Å². The quantitative estimate of drug-likeness (QED) is 0.517. The summed E-state index contributed by atoms with van der Waals surface area (Å²) in [5.74, 6) is -0.514. The van der Waals surface area contributed by atoms with Crippen molar-refractivity contribution in [1.82, 2.24) is 10.7 Å². The number of amides is 1. The van der Waals surface area contributed by atoms with Crippen molar-refractivity contribution in [3.63, 3.8) is 0 Å². The summed E-state index contributed by atoms with van der Waals surface area (Å²) in [6, 6.07) is 0. The van der Waals surface area contributed by atoms with Gasteiger partial charge in [0.05, 0.1) is 5.55 Å². The molecule has 0 aromatic rings. The third kappa shape index (κ3) is 1.92. The Morgan fingerprint density at radius 3 is 2.69 bits per heavy atom. The molecule has 1 atom stereocenters. The molecular weight excluding hydrogens is 216 g/mol. The van der Waals surface area contributed by atoms with Gasteiger partial charge in [-0.15, -0.1) is 0 Å². The number of carbonyl (C=O) groups excluding carboxylic acids is 1. The molecule has 0 saturated carbocycles. The molecule has 1 heterocycles. The number of thioether (sulfide) groups is 1. The van der Waals surface area contributed by atoms with Gasteiger partial charge in [-0.3, -0.25) is 10.2 Å². The number of sulfonamides is 1. The standard InChI is InChI=1S/C4H8N4O3S2/c1-3(9)7-4(13(5,10)11)8-6-2-12-4/h2,8H,1H3,(H,7,9)(H2,5,10,11). The molecule has 0 spiro atoms. The number of nitrogens with zero attached hydrogens (tertiary/aromatic N) is 1. The van der Waals surface area contributed by atoms with Crippen molar-refractivity contribution in [2.45, 2.75) is 11.3 Å². The average molecular weight is 224 g/mol. The van der Waals surface area contributed by atoms with Crippen molar-refractivity contribution in [3.05, 3.63) is 0 Å². The van der Waals surface area contributed by atoms with E-state index in [0.717, 1.165) is 11.8 Å². The largest absolute Gasteiger partial charge is 0.310 e. The monoisotopic (exact) mass is 224 g/mol. The van der Waals surface area contributed by atoms with E-state index < -0.39 is 20.3 Å². The maximum absolute atomic E-state index is 11.1. The molecule has 1 aliphatic rings. The lowest BCUT2D eigenvalue weighted by Gasteiger charge is -2.24. The van der Waals surface area contributed by atoms with Gasteiger partial charge >= 0.3 is 0 Å². The van der Waals surface area contributed by atoms with Crippen LogP contribution in [0.2, 0.25) is 0 Å². The van der Waals surface area contributed by atoms with Crippen LogP contribution in [0.5, 0.6) is 0 Å². The van der Waals surface area contributed by atoms with Crippen LogP contribution in [0.25, 0.3) is 0 Å². The summed E-state index contributed by atoms with van der Waals surface area (Å²) >= 11 is 0.777. The van der Waals surface area contributed by atoms with Crippen LogP contribution in [0.1, 0.15) is 6.92 Å². The maximum atomic E-state index is 11.1. The van der Waals surface area contributed by atoms with Gasteiger partial charge in [0.1, 0.15) is 0 Å². The third-order valence-electron chi connectivity index (χ3n) is 1.22. The van der Waals surface area contributed by atoms with Gasteiger partial charge in [-0.25, -0.2) is 13.6 Å². The number of hydrogen-bond donors (Lipinski definition) is 3. The summed E-state index contributed by atoms with van der Waals surface area (Å²) in [5, 5.41) is 10.6. The summed E-state index contributed by atoms with van der Waals surface area (Å²) < 4.78 is 20.4. The number of hydrazone groups is 1. The fraction of sp³-hybridized carbons (Fsp3) is 0.500. The molecule has 1 aliphatic heterocycles. The molecular formula is C4H8N4O3S2. The Morgan fingerprint density at radius 2 is 2.38 bits per heavy atom. The van der Waals surface area contributed by atoms with E-state index in [9.17, 15) is 13.2 Å². The Labute approximate surface area is 79.2 Å². The first-order chi connectivity index (χ1) is 5.87. The Morgan fingerprint density at radius 1 is 1.77 bits per heavy atom. The molecule has 0 saturated heterocycles. The zero-order valence-corrected chi connectivity index (χ0v) is 8.28. The van der Waals surface area contributed by atoms with E-state index in [0.29, 0.717) is 0 Å². The van der Waals surface area contributed by atoms with Crippen molar-refractivity contribution >= 4 is 33.2 Å². The zero-order chi connectivity index (χ0) is 10.1. The molecule has 1 amide bonds. The second kappa shape index (κ2) is 3.16. The number of nitrogens with two attached hydrogens (primary N) is 1. The van der Waals surface area contributed by atoms with Gasteiger partial charge in [-0.1, -0.05) is 0 Å². The van der Waals surface area contributed by atoms with Crippen LogP contribution in [0.3, 0.4) is 0 Å². The average Bonchev–Trinajstić information content (AvgIpc) is 2.33. The van der Waals surface area contributed by atoms with Crippen LogP contribution in [0, 0.1) is 0 Å². The van der Waals surface area contributed by atoms with E-state index in [1.165, 1.54) is 12.5 Å². The fourth-order valence-corrected chi connectivity index (χ4v) is 2.42. The summed E-state index contributed by atoms with van der Waals surface area (Å²) in [4.78, 5) is 10.7. The number of carbonyl (C=O) groups is 1. The predicted octanol–water partition coefficient (Wildman–Crippen LogP) is -1.70. The number of hydrogen-bond acceptors (Lipinski definition) is 6. The van der Waals surface area contributed by atoms with Crippen LogP contribution in [0.4, 0.5) is 0 Å². The summed E-state index contributed by atoms with van der Waals surface area (Å²) in [5.41, 5.74) is 3.48. The van der Waals surface area contributed by atoms with Gasteiger partial charge < -0.3 is 5.32 Å². The normalized spacial score (nSPS) is 26.9. The van der Waals surface area contributed by atoms with Crippen molar-refractivity contribution < 1.29 is 13.2 Å². The molecule has 74 valence electrons. The first kappa shape index (κ1) is 10.3. The van der Waals surface area contributed by atoms with Crippen molar-refractivity contribution in [2.24, 2.45) is 10.2 Å². The molecule has 1 rings (SSSR count). The van der Waals surface area contributed by atoms with Gasteiger partial charge in [-0.2, -0.15) is 5.10 Å². The van der Waals surface area contributed by atoms with E-state index in [4.69, 9.17) is 5.14 Å². The highest BCUT2D eigenvalue weighted by atomic mass is 32.3. The van der Waals surface area contributed by atoms with E-state index in [2.05, 4.69) is 15.8 Å². The smallest absolute Gasteiger partial charge is 0.298 e. The lowest BCUT2D eigenvalue weighted by Crippen LogP contribution is -2.60. The summed E-state index contributed by atoms with van der Waals surface area (Å²) in [6.45, 7) is 1.19. The van der Waals surface area contributed by atoms with Crippen molar-refractivity contribution in [1.29, 1.82) is 0 Å². The minimum absolute atomic E-state index is 0.514. The number of rotatable bonds is 2. The second-order valence-electron chi connectivity index (χ2n) is 2.31. The molecule has 4 N–H and O–H groups in total. The first-order valence-corrected chi connectivity index (χ1v) is 5.57. The predicted molar refractivity (Wildman–Crippen MR) is 48.9 cm³/mol. The highest BCUT2D eigenvalue weighted by Crippen LogP contribution is 2.25. The highest BCUT2D eigenvalue weighted by Gasteiger charge is 2.45. The molecule has 0 fully saturated rings. The molecule has 0 aromatic carbocycles. The molecule has 7 nitrogen and oxygen atoms in total. The molecule has 0 bridgehead atoms. The molecule has 1 unspecified atom stereocenters. The van der Waals surface area contributed by atoms with Crippen LogP contribution in [-0.4, -0.2) is 24.2 Å². The van der Waals surface area contributed by atoms with Crippen LogP contribution in [-0.2, 0) is 14.8 Å². The van der Waals surface area contributed by atoms with Crippen molar-refractivity contribution in [2.75, 3.05) is 0 Å². The zero-order valence-electron chi connectivity index (χ0n) is 6.64. The third-order valence-corrected chi connectivity index (χ3v) is 3.94.